The molecule has 1 aromatic rings. The fourth-order valence-corrected chi connectivity index (χ4v) is 1.67. The first-order valence-corrected chi connectivity index (χ1v) is 6.25. The van der Waals surface area contributed by atoms with Gasteiger partial charge in [0.1, 0.15) is 5.75 Å². The number of alkyl halides is 1. The van der Waals surface area contributed by atoms with Crippen molar-refractivity contribution in [1.29, 1.82) is 0 Å². The summed E-state index contributed by atoms with van der Waals surface area (Å²) in [6.45, 7) is 0.690. The normalized spacial score (nSPS) is 10.0. The van der Waals surface area contributed by atoms with E-state index in [4.69, 9.17) is 16.3 Å². The van der Waals surface area contributed by atoms with E-state index in [0.717, 1.165) is 24.2 Å². The Morgan fingerprint density at radius 1 is 1.41 bits per heavy atom. The van der Waals surface area contributed by atoms with Crippen LogP contribution in [0.2, 0.25) is 0 Å². The summed E-state index contributed by atoms with van der Waals surface area (Å²) in [6, 6.07) is 7.54. The molecule has 0 bridgehead atoms. The molecule has 0 saturated carbocycles. The maximum atomic E-state index is 11.6. The molecule has 0 aliphatic carbocycles. The van der Waals surface area contributed by atoms with Crippen LogP contribution in [0.3, 0.4) is 0 Å². The van der Waals surface area contributed by atoms with Gasteiger partial charge in [0.15, 0.2) is 0 Å². The minimum atomic E-state index is 0.0350. The highest BCUT2D eigenvalue weighted by atomic mass is 35.5. The summed E-state index contributed by atoms with van der Waals surface area (Å²) >= 11 is 5.55. The predicted molar refractivity (Wildman–Crippen MR) is 69.7 cm³/mol. The molecule has 0 spiro atoms. The molecule has 1 N–H and O–H groups in total. The maximum absolute atomic E-state index is 11.6. The first-order valence-electron chi connectivity index (χ1n) is 5.72. The molecule has 17 heavy (non-hydrogen) atoms. The smallest absolute Gasteiger partial charge is 0.224 e. The van der Waals surface area contributed by atoms with E-state index in [0.29, 0.717) is 18.8 Å². The Kier molecular flexibility index (Phi) is 6.48. The number of rotatable bonds is 7. The third-order valence-electron chi connectivity index (χ3n) is 2.38. The molecule has 1 rings (SSSR count). The van der Waals surface area contributed by atoms with E-state index in [1.807, 2.05) is 24.3 Å². The number of benzene rings is 1. The highest BCUT2D eigenvalue weighted by Gasteiger charge is 2.03. The van der Waals surface area contributed by atoms with Crippen LogP contribution >= 0.6 is 11.6 Å². The van der Waals surface area contributed by atoms with Gasteiger partial charge in [0, 0.05) is 12.4 Å². The van der Waals surface area contributed by atoms with Crippen LogP contribution in [0.1, 0.15) is 18.4 Å². The van der Waals surface area contributed by atoms with E-state index in [2.05, 4.69) is 5.32 Å². The van der Waals surface area contributed by atoms with E-state index < -0.39 is 0 Å². The van der Waals surface area contributed by atoms with Gasteiger partial charge in [-0.3, -0.25) is 4.79 Å². The number of halogens is 1. The molecule has 1 aromatic carbocycles. The fourth-order valence-electron chi connectivity index (χ4n) is 1.48. The second-order valence-corrected chi connectivity index (χ2v) is 4.15. The first-order chi connectivity index (χ1) is 8.26. The number of unbranched alkanes of at least 4 members (excludes halogenated alkanes) is 1. The van der Waals surface area contributed by atoms with Gasteiger partial charge in [0.05, 0.1) is 13.5 Å². The summed E-state index contributed by atoms with van der Waals surface area (Å²) in [7, 11) is 1.62. The van der Waals surface area contributed by atoms with Crippen LogP contribution in [0.5, 0.6) is 5.75 Å². The largest absolute Gasteiger partial charge is 0.497 e. The number of nitrogens with one attached hydrogen (secondary N) is 1. The van der Waals surface area contributed by atoms with Gasteiger partial charge in [-0.2, -0.15) is 0 Å². The highest BCUT2D eigenvalue weighted by molar-refractivity contribution is 6.17. The number of amides is 1. The molecule has 0 aromatic heterocycles. The Morgan fingerprint density at radius 2 is 2.24 bits per heavy atom. The van der Waals surface area contributed by atoms with Gasteiger partial charge < -0.3 is 10.1 Å². The fraction of sp³-hybridized carbons (Fsp3) is 0.462. The SMILES string of the molecule is COc1cccc(CC(=O)NCCCCCl)c1. The molecule has 0 unspecified atom stereocenters. The summed E-state index contributed by atoms with van der Waals surface area (Å²) in [5, 5.41) is 2.87. The van der Waals surface area contributed by atoms with Crippen molar-refractivity contribution in [3.05, 3.63) is 29.8 Å². The molecule has 0 fully saturated rings. The van der Waals surface area contributed by atoms with Crippen molar-refractivity contribution in [2.75, 3.05) is 19.5 Å². The third kappa shape index (κ3) is 5.59. The number of carbonyl (C=O) groups is 1. The average molecular weight is 256 g/mol. The van der Waals surface area contributed by atoms with Gasteiger partial charge in [0.25, 0.3) is 0 Å². The highest BCUT2D eigenvalue weighted by Crippen LogP contribution is 2.12. The lowest BCUT2D eigenvalue weighted by atomic mass is 10.1. The van der Waals surface area contributed by atoms with Crippen molar-refractivity contribution in [2.45, 2.75) is 19.3 Å². The van der Waals surface area contributed by atoms with Gasteiger partial charge in [-0.05, 0) is 30.5 Å². The predicted octanol–water partition coefficient (Wildman–Crippen LogP) is 2.37. The van der Waals surface area contributed by atoms with Gasteiger partial charge in [-0.15, -0.1) is 11.6 Å². The minimum Gasteiger partial charge on any atom is -0.497 e. The molecular formula is C13H18ClNO2. The van der Waals surface area contributed by atoms with Gasteiger partial charge >= 0.3 is 0 Å². The molecule has 0 aliphatic heterocycles. The molecule has 0 saturated heterocycles. The second kappa shape index (κ2) is 7.96. The van der Waals surface area contributed by atoms with Crippen LogP contribution in [-0.4, -0.2) is 25.4 Å². The number of methoxy groups -OCH3 is 1. The number of ether oxygens (including phenoxy) is 1. The number of hydrogen-bond acceptors (Lipinski definition) is 2. The van der Waals surface area contributed by atoms with Crippen LogP contribution in [0, 0.1) is 0 Å². The summed E-state index contributed by atoms with van der Waals surface area (Å²) in [5.41, 5.74) is 0.958. The standard InChI is InChI=1S/C13H18ClNO2/c1-17-12-6-4-5-11(9-12)10-13(16)15-8-3-2-7-14/h4-6,9H,2-3,7-8,10H2,1H3,(H,15,16). The molecule has 1 amide bonds. The average Bonchev–Trinajstić information content (AvgIpc) is 2.35. The van der Waals surface area contributed by atoms with Gasteiger partial charge in [-0.1, -0.05) is 12.1 Å². The lowest BCUT2D eigenvalue weighted by Gasteiger charge is -2.06. The van der Waals surface area contributed by atoms with Crippen molar-refractivity contribution in [2.24, 2.45) is 0 Å². The van der Waals surface area contributed by atoms with Crippen molar-refractivity contribution in [3.8, 4) is 5.75 Å². The summed E-state index contributed by atoms with van der Waals surface area (Å²) < 4.78 is 5.10. The Labute approximate surface area is 107 Å². The molecule has 94 valence electrons. The zero-order valence-electron chi connectivity index (χ0n) is 10.0. The summed E-state index contributed by atoms with van der Waals surface area (Å²) in [5.74, 6) is 1.46. The van der Waals surface area contributed by atoms with E-state index in [-0.39, 0.29) is 5.91 Å². The molecule has 4 heteroatoms. The van der Waals surface area contributed by atoms with Crippen LogP contribution < -0.4 is 10.1 Å². The molecule has 3 nitrogen and oxygen atoms in total. The molecule has 0 heterocycles. The first kappa shape index (κ1) is 13.8. The van der Waals surface area contributed by atoms with Crippen molar-refractivity contribution in [1.82, 2.24) is 5.32 Å². The topological polar surface area (TPSA) is 38.3 Å². The van der Waals surface area contributed by atoms with Crippen molar-refractivity contribution >= 4 is 17.5 Å². The van der Waals surface area contributed by atoms with E-state index >= 15 is 0 Å². The molecular weight excluding hydrogens is 238 g/mol. The summed E-state index contributed by atoms with van der Waals surface area (Å²) in [6.07, 6.45) is 2.24. The van der Waals surface area contributed by atoms with Crippen LogP contribution in [0.25, 0.3) is 0 Å². The monoisotopic (exact) mass is 255 g/mol. The molecule has 0 aliphatic rings. The van der Waals surface area contributed by atoms with E-state index in [9.17, 15) is 4.79 Å². The molecule has 0 atom stereocenters. The van der Waals surface area contributed by atoms with Crippen molar-refractivity contribution < 1.29 is 9.53 Å². The van der Waals surface area contributed by atoms with E-state index in [1.54, 1.807) is 7.11 Å². The quantitative estimate of drug-likeness (QED) is 0.600. The Morgan fingerprint density at radius 3 is 2.94 bits per heavy atom. The Bertz CT molecular complexity index is 355. The lowest BCUT2D eigenvalue weighted by Crippen LogP contribution is -2.26. The molecule has 0 radical (unpaired) electrons. The van der Waals surface area contributed by atoms with Crippen LogP contribution in [-0.2, 0) is 11.2 Å². The lowest BCUT2D eigenvalue weighted by molar-refractivity contribution is -0.120. The maximum Gasteiger partial charge on any atom is 0.224 e. The Hall–Kier alpha value is -1.22. The third-order valence-corrected chi connectivity index (χ3v) is 2.65. The van der Waals surface area contributed by atoms with Gasteiger partial charge in [0.2, 0.25) is 5.91 Å². The Balaban J connectivity index is 2.34. The number of hydrogen-bond donors (Lipinski definition) is 1. The summed E-state index contributed by atoms with van der Waals surface area (Å²) in [4.78, 5) is 11.6. The van der Waals surface area contributed by atoms with Gasteiger partial charge in [-0.25, -0.2) is 0 Å². The second-order valence-electron chi connectivity index (χ2n) is 3.77. The zero-order valence-corrected chi connectivity index (χ0v) is 10.8. The van der Waals surface area contributed by atoms with E-state index in [1.165, 1.54) is 0 Å². The van der Waals surface area contributed by atoms with Crippen molar-refractivity contribution in [3.63, 3.8) is 0 Å². The number of carbonyl (C=O) groups excluding carboxylic acids is 1. The van der Waals surface area contributed by atoms with Crippen LogP contribution in [0.15, 0.2) is 24.3 Å². The zero-order chi connectivity index (χ0) is 12.5. The minimum absolute atomic E-state index is 0.0350. The van der Waals surface area contributed by atoms with Crippen LogP contribution in [0.4, 0.5) is 0 Å².